The monoisotopic (exact) mass is 365 g/mol. The Morgan fingerprint density at radius 2 is 2.04 bits per heavy atom. The highest BCUT2D eigenvalue weighted by molar-refractivity contribution is 7.09. The number of halogens is 4. The summed E-state index contributed by atoms with van der Waals surface area (Å²) in [5.41, 5.74) is 6.36. The molecule has 1 aromatic carbocycles. The minimum absolute atomic E-state index is 0. The third-order valence-electron chi connectivity index (χ3n) is 3.05. The van der Waals surface area contributed by atoms with Gasteiger partial charge in [-0.05, 0) is 24.6 Å². The number of carbonyl (C=O) groups is 1. The van der Waals surface area contributed by atoms with E-state index in [2.05, 4.69) is 4.98 Å². The first-order chi connectivity index (χ1) is 10.2. The number of aryl methyl sites for hydroxylation is 1. The summed E-state index contributed by atoms with van der Waals surface area (Å²) in [6.07, 6.45) is -4.47. The van der Waals surface area contributed by atoms with Crippen LogP contribution in [0.15, 0.2) is 23.6 Å². The minimum Gasteiger partial charge on any atom is -0.399 e. The van der Waals surface area contributed by atoms with Crippen LogP contribution < -0.4 is 5.73 Å². The summed E-state index contributed by atoms with van der Waals surface area (Å²) >= 11 is 0.875. The highest BCUT2D eigenvalue weighted by Crippen LogP contribution is 2.30. The van der Waals surface area contributed by atoms with Crippen LogP contribution in [0.1, 0.15) is 26.6 Å². The fourth-order valence-electron chi connectivity index (χ4n) is 1.86. The molecule has 0 fully saturated rings. The molecular weight excluding hydrogens is 351 g/mol. The van der Waals surface area contributed by atoms with Crippen LogP contribution in [0.2, 0.25) is 0 Å². The summed E-state index contributed by atoms with van der Waals surface area (Å²) in [4.78, 5) is 17.2. The number of hydrogen-bond acceptors (Lipinski definition) is 4. The summed E-state index contributed by atoms with van der Waals surface area (Å²) in [6, 6.07) is 4.96. The van der Waals surface area contributed by atoms with E-state index in [0.29, 0.717) is 11.3 Å². The van der Waals surface area contributed by atoms with Gasteiger partial charge in [0.1, 0.15) is 5.01 Å². The molecule has 2 N–H and O–H groups in total. The molecule has 0 radical (unpaired) electrons. The van der Waals surface area contributed by atoms with Gasteiger partial charge in [0.05, 0.1) is 6.54 Å². The number of nitrogens with two attached hydrogens (primary N) is 1. The standard InChI is InChI=1S/C14H14F3N3OS.ClH/c1-8-3-4-9(18)5-10(8)13(21)20(2)6-12-19-11(7-22-12)14(15,16)17;/h3-5,7H,6,18H2,1-2H3;1H. The van der Waals surface area contributed by atoms with Crippen LogP contribution in [0.25, 0.3) is 0 Å². The van der Waals surface area contributed by atoms with Crippen molar-refractivity contribution in [2.24, 2.45) is 0 Å². The Morgan fingerprint density at radius 1 is 1.39 bits per heavy atom. The van der Waals surface area contributed by atoms with Crippen molar-refractivity contribution in [3.8, 4) is 0 Å². The number of aromatic nitrogens is 1. The maximum atomic E-state index is 12.5. The zero-order chi connectivity index (χ0) is 16.5. The second-order valence-corrected chi connectivity index (χ2v) is 5.80. The number of alkyl halides is 3. The smallest absolute Gasteiger partial charge is 0.399 e. The molecule has 9 heteroatoms. The predicted octanol–water partition coefficient (Wildman–Crippen LogP) is 3.75. The van der Waals surface area contributed by atoms with Crippen LogP contribution in [-0.4, -0.2) is 22.8 Å². The van der Waals surface area contributed by atoms with E-state index < -0.39 is 11.9 Å². The highest BCUT2D eigenvalue weighted by atomic mass is 35.5. The number of amides is 1. The van der Waals surface area contributed by atoms with Gasteiger partial charge < -0.3 is 10.6 Å². The van der Waals surface area contributed by atoms with Crippen molar-refractivity contribution in [2.45, 2.75) is 19.6 Å². The molecule has 0 aliphatic heterocycles. The molecule has 2 aromatic rings. The van der Waals surface area contributed by atoms with Crippen molar-refractivity contribution in [1.82, 2.24) is 9.88 Å². The third-order valence-corrected chi connectivity index (χ3v) is 3.89. The average Bonchev–Trinajstić information content (AvgIpc) is 2.89. The number of thiazole rings is 1. The lowest BCUT2D eigenvalue weighted by Gasteiger charge is -2.17. The molecule has 0 atom stereocenters. The first-order valence-corrected chi connectivity index (χ1v) is 7.19. The quantitative estimate of drug-likeness (QED) is 0.843. The number of rotatable bonds is 3. The van der Waals surface area contributed by atoms with E-state index in [1.807, 2.05) is 0 Å². The lowest BCUT2D eigenvalue weighted by atomic mass is 10.1. The molecule has 4 nitrogen and oxygen atoms in total. The first kappa shape index (κ1) is 19.2. The number of nitrogens with zero attached hydrogens (tertiary/aromatic N) is 2. The lowest BCUT2D eigenvalue weighted by molar-refractivity contribution is -0.140. The van der Waals surface area contributed by atoms with Gasteiger partial charge in [-0.15, -0.1) is 23.7 Å². The SMILES string of the molecule is Cc1ccc(N)cc1C(=O)N(C)Cc1nc(C(F)(F)F)cs1.Cl. The Balaban J connectivity index is 0.00000264. The van der Waals surface area contributed by atoms with E-state index in [-0.39, 0.29) is 29.9 Å². The molecule has 126 valence electrons. The van der Waals surface area contributed by atoms with E-state index >= 15 is 0 Å². The molecule has 0 saturated carbocycles. The molecule has 23 heavy (non-hydrogen) atoms. The largest absolute Gasteiger partial charge is 0.434 e. The third kappa shape index (κ3) is 4.59. The van der Waals surface area contributed by atoms with Crippen molar-refractivity contribution >= 4 is 35.3 Å². The highest BCUT2D eigenvalue weighted by Gasteiger charge is 2.33. The van der Waals surface area contributed by atoms with Crippen LogP contribution in [0, 0.1) is 6.92 Å². The minimum atomic E-state index is -4.47. The van der Waals surface area contributed by atoms with Crippen LogP contribution in [0.3, 0.4) is 0 Å². The van der Waals surface area contributed by atoms with Gasteiger partial charge in [0, 0.05) is 23.7 Å². The fraction of sp³-hybridized carbons (Fsp3) is 0.286. The number of carbonyl (C=O) groups excluding carboxylic acids is 1. The Bertz CT molecular complexity index is 703. The summed E-state index contributed by atoms with van der Waals surface area (Å²) in [5.74, 6) is -0.312. The maximum absolute atomic E-state index is 12.5. The van der Waals surface area contributed by atoms with Crippen LogP contribution in [0.5, 0.6) is 0 Å². The Hall–Kier alpha value is -1.80. The predicted molar refractivity (Wildman–Crippen MR) is 85.8 cm³/mol. The van der Waals surface area contributed by atoms with Gasteiger partial charge in [-0.2, -0.15) is 13.2 Å². The number of hydrogen-bond donors (Lipinski definition) is 1. The van der Waals surface area contributed by atoms with E-state index in [9.17, 15) is 18.0 Å². The maximum Gasteiger partial charge on any atom is 0.434 e. The summed E-state index contributed by atoms with van der Waals surface area (Å²) in [7, 11) is 1.51. The van der Waals surface area contributed by atoms with Gasteiger partial charge >= 0.3 is 6.18 Å². The fourth-order valence-corrected chi connectivity index (χ4v) is 2.72. The van der Waals surface area contributed by atoms with Gasteiger partial charge in [0.2, 0.25) is 0 Å². The molecule has 1 heterocycles. The van der Waals surface area contributed by atoms with Gasteiger partial charge in [0.25, 0.3) is 5.91 Å². The Labute approximate surface area is 141 Å². The van der Waals surface area contributed by atoms with Crippen molar-refractivity contribution in [3.05, 3.63) is 45.4 Å². The lowest BCUT2D eigenvalue weighted by Crippen LogP contribution is -2.27. The molecule has 0 spiro atoms. The zero-order valence-corrected chi connectivity index (χ0v) is 14.0. The van der Waals surface area contributed by atoms with Crippen molar-refractivity contribution in [2.75, 3.05) is 12.8 Å². The molecular formula is C14H15ClF3N3OS. The molecule has 0 aliphatic rings. The summed E-state index contributed by atoms with van der Waals surface area (Å²) in [6.45, 7) is 1.78. The van der Waals surface area contributed by atoms with E-state index in [1.165, 1.54) is 11.9 Å². The number of nitrogen functional groups attached to an aromatic ring is 1. The molecule has 0 saturated heterocycles. The number of anilines is 1. The second-order valence-electron chi connectivity index (χ2n) is 4.86. The van der Waals surface area contributed by atoms with Crippen molar-refractivity contribution < 1.29 is 18.0 Å². The Kier molecular flexibility index (Phi) is 6.01. The van der Waals surface area contributed by atoms with E-state index in [0.717, 1.165) is 22.3 Å². The van der Waals surface area contributed by atoms with Gasteiger partial charge in [-0.3, -0.25) is 4.79 Å². The van der Waals surface area contributed by atoms with Gasteiger partial charge in [-0.1, -0.05) is 6.07 Å². The van der Waals surface area contributed by atoms with Crippen molar-refractivity contribution in [1.29, 1.82) is 0 Å². The molecule has 0 bridgehead atoms. The number of benzene rings is 1. The van der Waals surface area contributed by atoms with Gasteiger partial charge in [-0.25, -0.2) is 4.98 Å². The second kappa shape index (κ2) is 7.18. The molecule has 1 amide bonds. The van der Waals surface area contributed by atoms with Crippen molar-refractivity contribution in [3.63, 3.8) is 0 Å². The Morgan fingerprint density at radius 3 is 2.61 bits per heavy atom. The molecule has 0 aliphatic carbocycles. The summed E-state index contributed by atoms with van der Waals surface area (Å²) in [5, 5.41) is 1.17. The van der Waals surface area contributed by atoms with E-state index in [4.69, 9.17) is 5.73 Å². The molecule has 2 rings (SSSR count). The van der Waals surface area contributed by atoms with Crippen LogP contribution in [-0.2, 0) is 12.7 Å². The molecule has 1 aromatic heterocycles. The van der Waals surface area contributed by atoms with Gasteiger partial charge in [0.15, 0.2) is 5.69 Å². The van der Waals surface area contributed by atoms with Crippen LogP contribution in [0.4, 0.5) is 18.9 Å². The average molecular weight is 366 g/mol. The first-order valence-electron chi connectivity index (χ1n) is 6.31. The normalized spacial score (nSPS) is 11.0. The van der Waals surface area contributed by atoms with E-state index in [1.54, 1.807) is 25.1 Å². The summed E-state index contributed by atoms with van der Waals surface area (Å²) < 4.78 is 37.5. The topological polar surface area (TPSA) is 59.2 Å². The zero-order valence-electron chi connectivity index (χ0n) is 12.3. The van der Waals surface area contributed by atoms with Crippen LogP contribution >= 0.6 is 23.7 Å². The molecule has 0 unspecified atom stereocenters.